The number of benzene rings is 1. The number of aliphatic hydroxyl groups is 1. The second-order valence-corrected chi connectivity index (χ2v) is 7.35. The molecule has 2 aromatic rings. The van der Waals surface area contributed by atoms with Crippen LogP contribution in [0, 0.1) is 23.5 Å². The highest BCUT2D eigenvalue weighted by Gasteiger charge is 2.49. The number of likely N-dealkylation sites (tertiary alicyclic amines) is 1. The molecule has 1 saturated heterocycles. The molecule has 0 bridgehead atoms. The molecule has 1 aliphatic carbocycles. The van der Waals surface area contributed by atoms with Gasteiger partial charge in [0.2, 0.25) is 0 Å². The molecule has 0 spiro atoms. The highest BCUT2D eigenvalue weighted by molar-refractivity contribution is 5.23. The van der Waals surface area contributed by atoms with Gasteiger partial charge in [-0.05, 0) is 37.3 Å². The summed E-state index contributed by atoms with van der Waals surface area (Å²) in [5, 5.41) is 11.4. The van der Waals surface area contributed by atoms with Crippen LogP contribution in [0.5, 0.6) is 0 Å². The summed E-state index contributed by atoms with van der Waals surface area (Å²) < 4.78 is 27.1. The van der Waals surface area contributed by atoms with Crippen molar-refractivity contribution in [3.63, 3.8) is 0 Å². The highest BCUT2D eigenvalue weighted by Crippen LogP contribution is 2.48. The van der Waals surface area contributed by atoms with Gasteiger partial charge in [0.1, 0.15) is 11.6 Å². The molecule has 1 aromatic heterocycles. The van der Waals surface area contributed by atoms with Crippen molar-refractivity contribution in [3.8, 4) is 0 Å². The minimum atomic E-state index is -0.868. The fourth-order valence-corrected chi connectivity index (χ4v) is 4.61. The van der Waals surface area contributed by atoms with Gasteiger partial charge < -0.3 is 5.11 Å². The van der Waals surface area contributed by atoms with Gasteiger partial charge in [-0.1, -0.05) is 12.1 Å². The lowest BCUT2D eigenvalue weighted by Crippen LogP contribution is -2.42. The molecule has 2 fully saturated rings. The van der Waals surface area contributed by atoms with Gasteiger partial charge in [0.25, 0.3) is 0 Å². The van der Waals surface area contributed by atoms with Crippen molar-refractivity contribution in [2.75, 3.05) is 13.1 Å². The van der Waals surface area contributed by atoms with E-state index in [1.54, 1.807) is 12.4 Å². The predicted molar refractivity (Wildman–Crippen MR) is 90.6 cm³/mol. The second-order valence-electron chi connectivity index (χ2n) is 7.35. The van der Waals surface area contributed by atoms with E-state index in [1.165, 1.54) is 12.1 Å². The molecule has 2 aliphatic rings. The fourth-order valence-electron chi connectivity index (χ4n) is 4.61. The van der Waals surface area contributed by atoms with Crippen LogP contribution in [0.4, 0.5) is 8.78 Å². The van der Waals surface area contributed by atoms with Crippen molar-refractivity contribution < 1.29 is 13.9 Å². The van der Waals surface area contributed by atoms with Crippen molar-refractivity contribution in [1.29, 1.82) is 0 Å². The fraction of sp³-hybridized carbons (Fsp3) is 0.450. The average molecular weight is 344 g/mol. The summed E-state index contributed by atoms with van der Waals surface area (Å²) in [4.78, 5) is 6.35. The Morgan fingerprint density at radius 3 is 2.88 bits per heavy atom. The Morgan fingerprint density at radius 2 is 2.12 bits per heavy atom. The molecule has 5 heteroatoms. The van der Waals surface area contributed by atoms with Crippen molar-refractivity contribution >= 4 is 0 Å². The summed E-state index contributed by atoms with van der Waals surface area (Å²) in [6.07, 6.45) is 6.26. The van der Waals surface area contributed by atoms with Gasteiger partial charge in [0.05, 0.1) is 5.60 Å². The van der Waals surface area contributed by atoms with Gasteiger partial charge in [-0.3, -0.25) is 9.88 Å². The molecule has 1 aromatic carbocycles. The van der Waals surface area contributed by atoms with E-state index in [0.29, 0.717) is 24.6 Å². The van der Waals surface area contributed by atoms with Gasteiger partial charge >= 0.3 is 0 Å². The molecule has 1 aliphatic heterocycles. The Labute approximate surface area is 146 Å². The molecule has 25 heavy (non-hydrogen) atoms. The average Bonchev–Trinajstić information content (AvgIpc) is 3.03. The van der Waals surface area contributed by atoms with Crippen molar-refractivity contribution in [1.82, 2.24) is 9.88 Å². The van der Waals surface area contributed by atoms with E-state index in [-0.39, 0.29) is 5.92 Å². The van der Waals surface area contributed by atoms with Crippen LogP contribution in [0.25, 0.3) is 0 Å². The molecule has 0 radical (unpaired) electrons. The molecule has 3 unspecified atom stereocenters. The zero-order valence-electron chi connectivity index (χ0n) is 14.0. The Hall–Kier alpha value is -1.85. The van der Waals surface area contributed by atoms with Crippen molar-refractivity contribution in [2.24, 2.45) is 11.8 Å². The largest absolute Gasteiger partial charge is 0.385 e. The smallest absolute Gasteiger partial charge is 0.130 e. The topological polar surface area (TPSA) is 36.4 Å². The van der Waals surface area contributed by atoms with Crippen LogP contribution >= 0.6 is 0 Å². The molecule has 2 heterocycles. The Morgan fingerprint density at radius 1 is 1.24 bits per heavy atom. The Kier molecular flexibility index (Phi) is 4.29. The van der Waals surface area contributed by atoms with Crippen LogP contribution in [0.3, 0.4) is 0 Å². The van der Waals surface area contributed by atoms with Crippen molar-refractivity contribution in [3.05, 3.63) is 65.5 Å². The third kappa shape index (κ3) is 3.07. The maximum absolute atomic E-state index is 14.0. The van der Waals surface area contributed by atoms with E-state index in [9.17, 15) is 13.9 Å². The number of pyridine rings is 1. The van der Waals surface area contributed by atoms with Gasteiger partial charge in [-0.2, -0.15) is 0 Å². The molecule has 3 nitrogen and oxygen atoms in total. The molecule has 132 valence electrons. The number of fused-ring (bicyclic) bond motifs is 1. The van der Waals surface area contributed by atoms with Crippen LogP contribution in [0.15, 0.2) is 42.7 Å². The number of hydrogen-bond acceptors (Lipinski definition) is 3. The number of rotatable bonds is 3. The summed E-state index contributed by atoms with van der Waals surface area (Å²) in [6.45, 7) is 2.00. The Bertz CT molecular complexity index is 755. The molecule has 1 saturated carbocycles. The summed E-state index contributed by atoms with van der Waals surface area (Å²) >= 11 is 0. The summed E-state index contributed by atoms with van der Waals surface area (Å²) in [5.41, 5.74) is 0.511. The van der Waals surface area contributed by atoms with Gasteiger partial charge in [-0.15, -0.1) is 0 Å². The van der Waals surface area contributed by atoms with E-state index in [4.69, 9.17) is 0 Å². The second kappa shape index (κ2) is 6.46. The first kappa shape index (κ1) is 16.6. The molecule has 1 N–H and O–H groups in total. The first-order valence-electron chi connectivity index (χ1n) is 8.85. The zero-order chi connectivity index (χ0) is 17.4. The van der Waals surface area contributed by atoms with E-state index >= 15 is 0 Å². The van der Waals surface area contributed by atoms with E-state index < -0.39 is 17.2 Å². The zero-order valence-corrected chi connectivity index (χ0v) is 14.0. The van der Waals surface area contributed by atoms with Crippen LogP contribution in [-0.2, 0) is 12.1 Å². The first-order chi connectivity index (χ1) is 12.1. The molecule has 4 rings (SSSR count). The Balaban J connectivity index is 1.55. The highest BCUT2D eigenvalue weighted by atomic mass is 19.1. The lowest BCUT2D eigenvalue weighted by molar-refractivity contribution is -0.0651. The lowest BCUT2D eigenvalue weighted by Gasteiger charge is -2.41. The maximum Gasteiger partial charge on any atom is 0.130 e. The van der Waals surface area contributed by atoms with E-state index in [2.05, 4.69) is 9.88 Å². The monoisotopic (exact) mass is 344 g/mol. The summed E-state index contributed by atoms with van der Waals surface area (Å²) in [5.74, 6) is -0.545. The summed E-state index contributed by atoms with van der Waals surface area (Å²) in [7, 11) is 0. The van der Waals surface area contributed by atoms with Crippen LogP contribution in [-0.4, -0.2) is 28.1 Å². The number of hydrogen-bond donors (Lipinski definition) is 1. The molecule has 3 atom stereocenters. The van der Waals surface area contributed by atoms with Gasteiger partial charge in [-0.25, -0.2) is 8.78 Å². The van der Waals surface area contributed by atoms with E-state index in [1.807, 2.05) is 12.1 Å². The summed E-state index contributed by atoms with van der Waals surface area (Å²) in [6, 6.07) is 7.55. The number of halogens is 2. The molecule has 0 amide bonds. The number of nitrogens with zero attached hydrogens (tertiary/aromatic N) is 2. The third-order valence-corrected chi connectivity index (χ3v) is 5.83. The van der Waals surface area contributed by atoms with Crippen LogP contribution < -0.4 is 0 Å². The predicted octanol–water partition coefficient (Wildman–Crippen LogP) is 3.48. The first-order valence-corrected chi connectivity index (χ1v) is 8.85. The van der Waals surface area contributed by atoms with Crippen LogP contribution in [0.2, 0.25) is 0 Å². The SMILES string of the molecule is OC1(c2cccnc2)CCCC2CN(Cc3ccc(F)cc3F)CC21. The van der Waals surface area contributed by atoms with Gasteiger partial charge in [0, 0.05) is 55.1 Å². The quantitative estimate of drug-likeness (QED) is 0.926. The van der Waals surface area contributed by atoms with E-state index in [0.717, 1.165) is 37.4 Å². The standard InChI is InChI=1S/C20H22F2N2O/c21-17-6-5-15(19(22)9-17)12-24-11-14-3-1-7-20(25,18(14)13-24)16-4-2-8-23-10-16/h2,4-6,8-10,14,18,25H,1,3,7,11-13H2. The van der Waals surface area contributed by atoms with Crippen LogP contribution in [0.1, 0.15) is 30.4 Å². The lowest BCUT2D eigenvalue weighted by atomic mass is 9.68. The third-order valence-electron chi connectivity index (χ3n) is 5.83. The minimum absolute atomic E-state index is 0.119. The number of aromatic nitrogens is 1. The molecular formula is C20H22F2N2O. The minimum Gasteiger partial charge on any atom is -0.385 e. The van der Waals surface area contributed by atoms with Crippen molar-refractivity contribution in [2.45, 2.75) is 31.4 Å². The normalized spacial score (nSPS) is 29.6. The maximum atomic E-state index is 14.0. The van der Waals surface area contributed by atoms with Gasteiger partial charge in [0.15, 0.2) is 0 Å². The molecular weight excluding hydrogens is 322 g/mol.